The van der Waals surface area contributed by atoms with Crippen molar-refractivity contribution in [1.82, 2.24) is 0 Å². The Morgan fingerprint density at radius 2 is 2.22 bits per heavy atom. The number of ether oxygens (including phenoxy) is 1. The van der Waals surface area contributed by atoms with E-state index >= 15 is 0 Å². The molecular formula is C12H15FO4S. The molecule has 0 bridgehead atoms. The molecule has 1 aliphatic heterocycles. The lowest BCUT2D eigenvalue weighted by atomic mass is 9.95. The van der Waals surface area contributed by atoms with E-state index in [9.17, 15) is 17.9 Å². The smallest absolute Gasteiger partial charge is 0.150 e. The number of hydrogen-bond donors (Lipinski definition) is 1. The molecule has 0 aliphatic carbocycles. The Hall–Kier alpha value is -1.14. The lowest BCUT2D eigenvalue weighted by molar-refractivity contribution is 0.117. The van der Waals surface area contributed by atoms with E-state index in [0.29, 0.717) is 12.2 Å². The summed E-state index contributed by atoms with van der Waals surface area (Å²) >= 11 is 0. The molecule has 6 heteroatoms. The van der Waals surface area contributed by atoms with Gasteiger partial charge in [0.1, 0.15) is 11.6 Å². The molecule has 1 aromatic rings. The summed E-state index contributed by atoms with van der Waals surface area (Å²) < 4.78 is 41.3. The standard InChI is InChI=1S/C12H15FO4S/c1-17-9-2-3-10(11(13)6-9)12(14)8-4-5-18(15,16)7-8/h2-3,6,8,12,14H,4-5,7H2,1H3. The van der Waals surface area contributed by atoms with Gasteiger partial charge in [-0.15, -0.1) is 0 Å². The van der Waals surface area contributed by atoms with E-state index in [2.05, 4.69) is 0 Å². The summed E-state index contributed by atoms with van der Waals surface area (Å²) in [5, 5.41) is 10.1. The molecule has 1 fully saturated rings. The molecule has 100 valence electrons. The third-order valence-corrected chi connectivity index (χ3v) is 5.03. The van der Waals surface area contributed by atoms with Crippen LogP contribution in [0.1, 0.15) is 18.1 Å². The van der Waals surface area contributed by atoms with E-state index in [1.54, 1.807) is 6.07 Å². The molecule has 2 unspecified atom stereocenters. The molecular weight excluding hydrogens is 259 g/mol. The van der Waals surface area contributed by atoms with E-state index in [-0.39, 0.29) is 17.1 Å². The van der Waals surface area contributed by atoms with Crippen LogP contribution in [0.25, 0.3) is 0 Å². The van der Waals surface area contributed by atoms with Crippen molar-refractivity contribution in [3.63, 3.8) is 0 Å². The summed E-state index contributed by atoms with van der Waals surface area (Å²) in [5.41, 5.74) is 0.123. The molecule has 0 amide bonds. The van der Waals surface area contributed by atoms with Crippen LogP contribution in [-0.4, -0.2) is 32.1 Å². The largest absolute Gasteiger partial charge is 0.497 e. The number of rotatable bonds is 3. The molecule has 2 atom stereocenters. The summed E-state index contributed by atoms with van der Waals surface area (Å²) in [6.07, 6.45) is -0.720. The average molecular weight is 274 g/mol. The molecule has 1 heterocycles. The van der Waals surface area contributed by atoms with Gasteiger partial charge in [0.15, 0.2) is 9.84 Å². The Bertz CT molecular complexity index is 541. The normalized spacial score (nSPS) is 23.8. The Balaban J connectivity index is 2.21. The van der Waals surface area contributed by atoms with E-state index in [1.165, 1.54) is 19.2 Å². The van der Waals surface area contributed by atoms with Gasteiger partial charge in [-0.05, 0) is 18.6 Å². The van der Waals surface area contributed by atoms with Crippen LogP contribution in [-0.2, 0) is 9.84 Å². The molecule has 2 rings (SSSR count). The van der Waals surface area contributed by atoms with Gasteiger partial charge < -0.3 is 9.84 Å². The Kier molecular flexibility index (Phi) is 3.59. The lowest BCUT2D eigenvalue weighted by Gasteiger charge is -2.18. The highest BCUT2D eigenvalue weighted by Crippen LogP contribution is 2.33. The monoisotopic (exact) mass is 274 g/mol. The summed E-state index contributed by atoms with van der Waals surface area (Å²) in [4.78, 5) is 0. The highest BCUT2D eigenvalue weighted by atomic mass is 32.2. The molecule has 0 aromatic heterocycles. The lowest BCUT2D eigenvalue weighted by Crippen LogP contribution is -2.15. The van der Waals surface area contributed by atoms with Gasteiger partial charge in [-0.2, -0.15) is 0 Å². The molecule has 1 saturated heterocycles. The number of hydrogen-bond acceptors (Lipinski definition) is 4. The van der Waals surface area contributed by atoms with Crippen LogP contribution in [0.15, 0.2) is 18.2 Å². The summed E-state index contributed by atoms with van der Waals surface area (Å²) in [6.45, 7) is 0. The van der Waals surface area contributed by atoms with Gasteiger partial charge in [0.25, 0.3) is 0 Å². The predicted molar refractivity (Wildman–Crippen MR) is 64.7 cm³/mol. The van der Waals surface area contributed by atoms with Gasteiger partial charge in [0.2, 0.25) is 0 Å². The first-order valence-corrected chi connectivity index (χ1v) is 7.47. The van der Waals surface area contributed by atoms with Crippen LogP contribution in [0.4, 0.5) is 4.39 Å². The zero-order valence-electron chi connectivity index (χ0n) is 9.97. The second kappa shape index (κ2) is 4.85. The molecule has 18 heavy (non-hydrogen) atoms. The quantitative estimate of drug-likeness (QED) is 0.902. The number of aliphatic hydroxyl groups is 1. The Morgan fingerprint density at radius 1 is 1.50 bits per heavy atom. The molecule has 0 radical (unpaired) electrons. The third-order valence-electron chi connectivity index (χ3n) is 3.24. The topological polar surface area (TPSA) is 63.6 Å². The highest BCUT2D eigenvalue weighted by Gasteiger charge is 2.34. The molecule has 0 saturated carbocycles. The maximum atomic E-state index is 13.7. The highest BCUT2D eigenvalue weighted by molar-refractivity contribution is 7.91. The Morgan fingerprint density at radius 3 is 2.72 bits per heavy atom. The van der Waals surface area contributed by atoms with Crippen molar-refractivity contribution in [2.45, 2.75) is 12.5 Å². The van der Waals surface area contributed by atoms with Crippen molar-refractivity contribution in [2.75, 3.05) is 18.6 Å². The second-order valence-corrected chi connectivity index (χ2v) is 6.72. The van der Waals surface area contributed by atoms with Gasteiger partial charge in [0.05, 0.1) is 24.7 Å². The first-order chi connectivity index (χ1) is 8.43. The minimum absolute atomic E-state index is 0.0620. The minimum Gasteiger partial charge on any atom is -0.497 e. The van der Waals surface area contributed by atoms with Gasteiger partial charge in [-0.3, -0.25) is 0 Å². The zero-order valence-corrected chi connectivity index (χ0v) is 10.8. The third kappa shape index (κ3) is 2.64. The fraction of sp³-hybridized carbons (Fsp3) is 0.500. The van der Waals surface area contributed by atoms with E-state index < -0.39 is 27.7 Å². The van der Waals surface area contributed by atoms with Crippen molar-refractivity contribution in [3.05, 3.63) is 29.6 Å². The first kappa shape index (κ1) is 13.3. The van der Waals surface area contributed by atoms with Crippen LogP contribution in [0.5, 0.6) is 5.75 Å². The van der Waals surface area contributed by atoms with Gasteiger partial charge in [-0.1, -0.05) is 0 Å². The van der Waals surface area contributed by atoms with Crippen molar-refractivity contribution in [1.29, 1.82) is 0 Å². The second-order valence-electron chi connectivity index (χ2n) is 4.50. The summed E-state index contributed by atoms with van der Waals surface area (Å²) in [6, 6.07) is 4.16. The van der Waals surface area contributed by atoms with E-state index in [1.807, 2.05) is 0 Å². The SMILES string of the molecule is COc1ccc(C(O)C2CCS(=O)(=O)C2)c(F)c1. The van der Waals surface area contributed by atoms with Crippen molar-refractivity contribution < 1.29 is 22.7 Å². The average Bonchev–Trinajstić information content (AvgIpc) is 2.68. The van der Waals surface area contributed by atoms with Crippen molar-refractivity contribution >= 4 is 9.84 Å². The van der Waals surface area contributed by atoms with Crippen LogP contribution < -0.4 is 4.74 Å². The molecule has 0 spiro atoms. The van der Waals surface area contributed by atoms with Crippen molar-refractivity contribution in [2.24, 2.45) is 5.92 Å². The number of sulfone groups is 1. The molecule has 4 nitrogen and oxygen atoms in total. The molecule has 1 N–H and O–H groups in total. The number of halogens is 1. The molecule has 1 aromatic carbocycles. The van der Waals surface area contributed by atoms with Gasteiger partial charge in [-0.25, -0.2) is 12.8 Å². The fourth-order valence-electron chi connectivity index (χ4n) is 2.20. The Labute approximate surface area is 105 Å². The number of aliphatic hydroxyl groups excluding tert-OH is 1. The predicted octanol–water partition coefficient (Wildman–Crippen LogP) is 1.30. The summed E-state index contributed by atoms with van der Waals surface area (Å²) in [5.74, 6) is -0.668. The minimum atomic E-state index is -3.08. The van der Waals surface area contributed by atoms with E-state index in [4.69, 9.17) is 4.74 Å². The van der Waals surface area contributed by atoms with Crippen molar-refractivity contribution in [3.8, 4) is 5.75 Å². The summed E-state index contributed by atoms with van der Waals surface area (Å²) in [7, 11) is -1.66. The van der Waals surface area contributed by atoms with Gasteiger partial charge in [0, 0.05) is 17.5 Å². The van der Waals surface area contributed by atoms with Crippen LogP contribution in [0.2, 0.25) is 0 Å². The zero-order chi connectivity index (χ0) is 13.3. The maximum absolute atomic E-state index is 13.7. The first-order valence-electron chi connectivity index (χ1n) is 5.65. The maximum Gasteiger partial charge on any atom is 0.150 e. The van der Waals surface area contributed by atoms with E-state index in [0.717, 1.165) is 0 Å². The van der Waals surface area contributed by atoms with Crippen LogP contribution in [0, 0.1) is 11.7 Å². The number of benzene rings is 1. The van der Waals surface area contributed by atoms with Crippen LogP contribution >= 0.6 is 0 Å². The van der Waals surface area contributed by atoms with Crippen LogP contribution in [0.3, 0.4) is 0 Å². The fourth-order valence-corrected chi connectivity index (χ4v) is 4.03. The molecule has 1 aliphatic rings. The number of methoxy groups -OCH3 is 1. The van der Waals surface area contributed by atoms with Gasteiger partial charge >= 0.3 is 0 Å².